The van der Waals surface area contributed by atoms with Crippen LogP contribution in [0.3, 0.4) is 0 Å². The molecule has 3 nitrogen and oxygen atoms in total. The number of aromatic nitrogens is 3. The molecule has 0 atom stereocenters. The summed E-state index contributed by atoms with van der Waals surface area (Å²) in [7, 11) is 0. The van der Waals surface area contributed by atoms with E-state index in [4.69, 9.17) is 0 Å². The summed E-state index contributed by atoms with van der Waals surface area (Å²) in [5.74, 6) is 0.851. The second kappa shape index (κ2) is 6.07. The van der Waals surface area contributed by atoms with Crippen molar-refractivity contribution in [2.75, 3.05) is 0 Å². The van der Waals surface area contributed by atoms with Crippen molar-refractivity contribution in [2.24, 2.45) is 0 Å². The first-order chi connectivity index (χ1) is 12.8. The van der Waals surface area contributed by atoms with Gasteiger partial charge in [-0.05, 0) is 28.6 Å². The number of rotatable bonds is 2. The Balaban J connectivity index is 1.62. The molecule has 0 unspecified atom stereocenters. The third-order valence-corrected chi connectivity index (χ3v) is 5.32. The molecule has 0 aliphatic heterocycles. The van der Waals surface area contributed by atoms with E-state index in [2.05, 4.69) is 85.1 Å². The summed E-state index contributed by atoms with van der Waals surface area (Å²) >= 11 is 3.62. The molecule has 0 radical (unpaired) electrons. The van der Waals surface area contributed by atoms with Crippen molar-refractivity contribution in [2.45, 2.75) is 0 Å². The minimum absolute atomic E-state index is 0.851. The van der Waals surface area contributed by atoms with Crippen LogP contribution in [0.1, 0.15) is 0 Å². The predicted molar refractivity (Wildman–Crippen MR) is 109 cm³/mol. The highest BCUT2D eigenvalue weighted by molar-refractivity contribution is 9.10. The maximum absolute atomic E-state index is 4.44. The fraction of sp³-hybridized carbons (Fsp3) is 0. The second-order valence-corrected chi connectivity index (χ2v) is 7.03. The van der Waals surface area contributed by atoms with Crippen LogP contribution in [0.2, 0.25) is 0 Å². The highest BCUT2D eigenvalue weighted by atomic mass is 79.9. The number of halogens is 1. The molecule has 5 aromatic rings. The molecule has 0 saturated heterocycles. The molecular formula is C22H14BrN3. The van der Waals surface area contributed by atoms with Crippen molar-refractivity contribution >= 4 is 32.3 Å². The van der Waals surface area contributed by atoms with E-state index in [1.807, 2.05) is 30.5 Å². The van der Waals surface area contributed by atoms with Crippen molar-refractivity contribution in [3.05, 3.63) is 89.5 Å². The molecule has 0 bridgehead atoms. The van der Waals surface area contributed by atoms with Crippen molar-refractivity contribution in [3.8, 4) is 22.5 Å². The molecule has 0 aliphatic carbocycles. The Labute approximate surface area is 159 Å². The molecule has 5 rings (SSSR count). The molecule has 0 amide bonds. The van der Waals surface area contributed by atoms with Gasteiger partial charge < -0.3 is 0 Å². The van der Waals surface area contributed by atoms with Gasteiger partial charge in [-0.2, -0.15) is 0 Å². The Bertz CT molecular complexity index is 1240. The van der Waals surface area contributed by atoms with Crippen molar-refractivity contribution in [1.29, 1.82) is 0 Å². The lowest BCUT2D eigenvalue weighted by atomic mass is 10.0. The van der Waals surface area contributed by atoms with E-state index in [1.165, 1.54) is 16.5 Å². The summed E-state index contributed by atoms with van der Waals surface area (Å²) in [5.41, 5.74) is 4.27. The van der Waals surface area contributed by atoms with Gasteiger partial charge in [0, 0.05) is 21.6 Å². The van der Waals surface area contributed by atoms with E-state index in [0.717, 1.165) is 26.9 Å². The van der Waals surface area contributed by atoms with Gasteiger partial charge in [0.05, 0.1) is 0 Å². The minimum Gasteiger partial charge on any atom is -0.282 e. The maximum Gasteiger partial charge on any atom is 0.168 e. The number of hydrogen-bond acceptors (Lipinski definition) is 2. The molecule has 26 heavy (non-hydrogen) atoms. The summed E-state index contributed by atoms with van der Waals surface area (Å²) in [6, 6.07) is 27.0. The van der Waals surface area contributed by atoms with Gasteiger partial charge in [0.15, 0.2) is 11.5 Å². The molecule has 0 fully saturated rings. The maximum atomic E-state index is 4.44. The summed E-state index contributed by atoms with van der Waals surface area (Å²) in [5, 5.41) is 11.1. The molecule has 2 aromatic heterocycles. The molecule has 124 valence electrons. The molecular weight excluding hydrogens is 386 g/mol. The molecule has 0 saturated carbocycles. The third kappa shape index (κ3) is 2.42. The van der Waals surface area contributed by atoms with Gasteiger partial charge in [0.2, 0.25) is 0 Å². The van der Waals surface area contributed by atoms with Crippen LogP contribution in [0.15, 0.2) is 89.5 Å². The van der Waals surface area contributed by atoms with Crippen molar-refractivity contribution in [3.63, 3.8) is 0 Å². The number of fused-ring (bicyclic) bond motifs is 3. The number of nitrogens with zero attached hydrogens (tertiary/aromatic N) is 3. The number of benzene rings is 3. The van der Waals surface area contributed by atoms with Gasteiger partial charge in [-0.3, -0.25) is 4.40 Å². The molecule has 0 N–H and O–H groups in total. The fourth-order valence-corrected chi connectivity index (χ4v) is 3.82. The zero-order chi connectivity index (χ0) is 17.5. The number of pyridine rings is 1. The third-order valence-electron chi connectivity index (χ3n) is 4.63. The molecule has 0 aliphatic rings. The van der Waals surface area contributed by atoms with Crippen LogP contribution in [0.25, 0.3) is 38.9 Å². The minimum atomic E-state index is 0.851. The average molecular weight is 400 g/mol. The lowest BCUT2D eigenvalue weighted by molar-refractivity contribution is 1.11. The fourth-order valence-electron chi connectivity index (χ4n) is 3.31. The topological polar surface area (TPSA) is 30.2 Å². The van der Waals surface area contributed by atoms with E-state index in [0.29, 0.717) is 0 Å². The van der Waals surface area contributed by atoms with E-state index < -0.39 is 0 Å². The molecule has 2 heterocycles. The Morgan fingerprint density at radius 1 is 0.692 bits per heavy atom. The van der Waals surface area contributed by atoms with Gasteiger partial charge in [0.25, 0.3) is 0 Å². The Hall–Kier alpha value is -2.98. The zero-order valence-electron chi connectivity index (χ0n) is 13.8. The van der Waals surface area contributed by atoms with E-state index in [9.17, 15) is 0 Å². The molecule has 4 heteroatoms. The van der Waals surface area contributed by atoms with Crippen molar-refractivity contribution in [1.82, 2.24) is 14.6 Å². The van der Waals surface area contributed by atoms with E-state index in [1.54, 1.807) is 0 Å². The predicted octanol–water partition coefficient (Wildman–Crippen LogP) is 5.98. The zero-order valence-corrected chi connectivity index (χ0v) is 15.4. The summed E-state index contributed by atoms with van der Waals surface area (Å²) in [6.07, 6.45) is 2.04. The smallest absolute Gasteiger partial charge is 0.168 e. The average Bonchev–Trinajstić information content (AvgIpc) is 3.13. The van der Waals surface area contributed by atoms with E-state index in [-0.39, 0.29) is 0 Å². The first-order valence-corrected chi connectivity index (χ1v) is 9.18. The monoisotopic (exact) mass is 399 g/mol. The lowest BCUT2D eigenvalue weighted by Gasteiger charge is -2.06. The highest BCUT2D eigenvalue weighted by Gasteiger charge is 2.11. The van der Waals surface area contributed by atoms with Crippen LogP contribution >= 0.6 is 15.9 Å². The normalized spacial score (nSPS) is 11.3. The van der Waals surface area contributed by atoms with Crippen LogP contribution in [-0.4, -0.2) is 14.6 Å². The molecule has 3 aromatic carbocycles. The summed E-state index contributed by atoms with van der Waals surface area (Å²) in [4.78, 5) is 0. The summed E-state index contributed by atoms with van der Waals surface area (Å²) in [6.45, 7) is 0. The number of hydrogen-bond donors (Lipinski definition) is 0. The quantitative estimate of drug-likeness (QED) is 0.365. The van der Waals surface area contributed by atoms with Gasteiger partial charge >= 0.3 is 0 Å². The Morgan fingerprint density at radius 2 is 1.42 bits per heavy atom. The highest BCUT2D eigenvalue weighted by Crippen LogP contribution is 2.30. The van der Waals surface area contributed by atoms with Crippen molar-refractivity contribution < 1.29 is 0 Å². The summed E-state index contributed by atoms with van der Waals surface area (Å²) < 4.78 is 3.14. The SMILES string of the molecule is Brc1ccccc1-c1ccc(-c2nnc3c4ccccc4ccn23)cc1. The van der Waals surface area contributed by atoms with Crippen LogP contribution in [0.5, 0.6) is 0 Å². The standard InChI is InChI=1S/C22H14BrN3/c23-20-8-4-3-6-18(20)16-9-11-17(12-10-16)21-24-25-22-19-7-2-1-5-15(19)13-14-26(21)22/h1-14H. The van der Waals surface area contributed by atoms with Gasteiger partial charge in [-0.1, -0.05) is 82.7 Å². The Morgan fingerprint density at radius 3 is 2.27 bits per heavy atom. The van der Waals surface area contributed by atoms with Gasteiger partial charge in [-0.25, -0.2) is 0 Å². The Kier molecular flexibility index (Phi) is 3.57. The van der Waals surface area contributed by atoms with Gasteiger partial charge in [-0.15, -0.1) is 10.2 Å². The largest absolute Gasteiger partial charge is 0.282 e. The van der Waals surface area contributed by atoms with E-state index >= 15 is 0 Å². The van der Waals surface area contributed by atoms with Gasteiger partial charge in [0.1, 0.15) is 0 Å². The van der Waals surface area contributed by atoms with Crippen LogP contribution in [0, 0.1) is 0 Å². The first kappa shape index (κ1) is 15.3. The van der Waals surface area contributed by atoms with Crippen LogP contribution in [0.4, 0.5) is 0 Å². The van der Waals surface area contributed by atoms with Crippen LogP contribution in [-0.2, 0) is 0 Å². The molecule has 0 spiro atoms. The lowest BCUT2D eigenvalue weighted by Crippen LogP contribution is -1.90. The first-order valence-electron chi connectivity index (χ1n) is 8.39. The van der Waals surface area contributed by atoms with Crippen LogP contribution < -0.4 is 0 Å². The second-order valence-electron chi connectivity index (χ2n) is 6.18.